The van der Waals surface area contributed by atoms with Crippen molar-refractivity contribution in [1.29, 1.82) is 0 Å². The zero-order valence-corrected chi connectivity index (χ0v) is 12.5. The van der Waals surface area contributed by atoms with E-state index < -0.39 is 6.04 Å². The summed E-state index contributed by atoms with van der Waals surface area (Å²) in [6, 6.07) is 7.14. The molecule has 0 spiro atoms. The second-order valence-corrected chi connectivity index (χ2v) is 5.32. The highest BCUT2D eigenvalue weighted by Crippen LogP contribution is 2.13. The second kappa shape index (κ2) is 8.18. The van der Waals surface area contributed by atoms with E-state index in [1.807, 2.05) is 29.2 Å². The van der Waals surface area contributed by atoms with Crippen LogP contribution in [-0.2, 0) is 11.3 Å². The lowest BCUT2D eigenvalue weighted by Crippen LogP contribution is -2.42. The Morgan fingerprint density at radius 3 is 2.47 bits per heavy atom. The first-order valence-corrected chi connectivity index (χ1v) is 7.21. The van der Waals surface area contributed by atoms with Crippen LogP contribution in [0.25, 0.3) is 0 Å². The summed E-state index contributed by atoms with van der Waals surface area (Å²) in [5, 5.41) is 0.708. The molecule has 1 rings (SSSR count). The molecule has 0 saturated carbocycles. The van der Waals surface area contributed by atoms with Gasteiger partial charge in [0.15, 0.2) is 0 Å². The standard InChI is InChI=1S/C15H23ClN2O/c1-3-4-5-10-18(15(19)12(2)17)11-13-6-8-14(16)9-7-13/h6-9,12H,3-5,10-11,17H2,1-2H3/t12-/m0/s1. The topological polar surface area (TPSA) is 46.3 Å². The quantitative estimate of drug-likeness (QED) is 0.781. The van der Waals surface area contributed by atoms with Crippen molar-refractivity contribution >= 4 is 17.5 Å². The van der Waals surface area contributed by atoms with E-state index >= 15 is 0 Å². The first kappa shape index (κ1) is 16.0. The molecule has 106 valence electrons. The monoisotopic (exact) mass is 282 g/mol. The fourth-order valence-electron chi connectivity index (χ4n) is 1.92. The van der Waals surface area contributed by atoms with Gasteiger partial charge in [0, 0.05) is 18.1 Å². The van der Waals surface area contributed by atoms with Gasteiger partial charge in [-0.3, -0.25) is 4.79 Å². The first-order valence-electron chi connectivity index (χ1n) is 6.83. The predicted octanol–water partition coefficient (Wildman–Crippen LogP) is 3.21. The van der Waals surface area contributed by atoms with Crippen molar-refractivity contribution < 1.29 is 4.79 Å². The highest BCUT2D eigenvalue weighted by molar-refractivity contribution is 6.30. The molecule has 0 aromatic heterocycles. The summed E-state index contributed by atoms with van der Waals surface area (Å²) >= 11 is 5.86. The molecular formula is C15H23ClN2O. The fourth-order valence-corrected chi connectivity index (χ4v) is 2.04. The molecule has 1 aromatic rings. The van der Waals surface area contributed by atoms with E-state index in [1.165, 1.54) is 0 Å². The van der Waals surface area contributed by atoms with Crippen LogP contribution < -0.4 is 5.73 Å². The Kier molecular flexibility index (Phi) is 6.89. The van der Waals surface area contributed by atoms with Crippen molar-refractivity contribution in [3.8, 4) is 0 Å². The summed E-state index contributed by atoms with van der Waals surface area (Å²) in [5.41, 5.74) is 6.79. The summed E-state index contributed by atoms with van der Waals surface area (Å²) < 4.78 is 0. The van der Waals surface area contributed by atoms with Crippen LogP contribution >= 0.6 is 11.6 Å². The van der Waals surface area contributed by atoms with Crippen LogP contribution in [0.4, 0.5) is 0 Å². The maximum Gasteiger partial charge on any atom is 0.239 e. The largest absolute Gasteiger partial charge is 0.337 e. The third kappa shape index (κ3) is 5.62. The number of nitrogens with zero attached hydrogens (tertiary/aromatic N) is 1. The predicted molar refractivity (Wildman–Crippen MR) is 80.0 cm³/mol. The molecule has 0 fully saturated rings. The van der Waals surface area contributed by atoms with Gasteiger partial charge in [0.25, 0.3) is 0 Å². The van der Waals surface area contributed by atoms with Crippen LogP contribution in [0.15, 0.2) is 24.3 Å². The highest BCUT2D eigenvalue weighted by Gasteiger charge is 2.17. The van der Waals surface area contributed by atoms with E-state index in [9.17, 15) is 4.79 Å². The Balaban J connectivity index is 2.67. The number of rotatable bonds is 7. The highest BCUT2D eigenvalue weighted by atomic mass is 35.5. The molecule has 0 radical (unpaired) electrons. The SMILES string of the molecule is CCCCCN(Cc1ccc(Cl)cc1)C(=O)[C@H](C)N. The Morgan fingerprint density at radius 1 is 1.32 bits per heavy atom. The third-order valence-electron chi connectivity index (χ3n) is 3.02. The van der Waals surface area contributed by atoms with Gasteiger partial charge < -0.3 is 10.6 Å². The zero-order valence-electron chi connectivity index (χ0n) is 11.7. The van der Waals surface area contributed by atoms with Gasteiger partial charge in [-0.25, -0.2) is 0 Å². The lowest BCUT2D eigenvalue weighted by Gasteiger charge is -2.24. The number of unbranched alkanes of at least 4 members (excludes halogenated alkanes) is 2. The first-order chi connectivity index (χ1) is 9.04. The molecule has 0 aliphatic rings. The maximum absolute atomic E-state index is 12.1. The molecule has 1 aromatic carbocycles. The van der Waals surface area contributed by atoms with Crippen molar-refractivity contribution in [3.63, 3.8) is 0 Å². The van der Waals surface area contributed by atoms with Gasteiger partial charge in [-0.15, -0.1) is 0 Å². The molecule has 3 nitrogen and oxygen atoms in total. The van der Waals surface area contributed by atoms with Crippen molar-refractivity contribution in [2.75, 3.05) is 6.54 Å². The van der Waals surface area contributed by atoms with Crippen LogP contribution in [0, 0.1) is 0 Å². The summed E-state index contributed by atoms with van der Waals surface area (Å²) in [7, 11) is 0. The minimum atomic E-state index is -0.450. The molecule has 1 amide bonds. The molecule has 1 atom stereocenters. The van der Waals surface area contributed by atoms with E-state index in [4.69, 9.17) is 17.3 Å². The average molecular weight is 283 g/mol. The van der Waals surface area contributed by atoms with Crippen LogP contribution in [-0.4, -0.2) is 23.4 Å². The second-order valence-electron chi connectivity index (χ2n) is 4.88. The summed E-state index contributed by atoms with van der Waals surface area (Å²) in [6.45, 7) is 5.24. The van der Waals surface area contributed by atoms with Gasteiger partial charge in [0.05, 0.1) is 6.04 Å². The summed E-state index contributed by atoms with van der Waals surface area (Å²) in [6.07, 6.45) is 3.28. The zero-order chi connectivity index (χ0) is 14.3. The Labute approximate surface area is 120 Å². The summed E-state index contributed by atoms with van der Waals surface area (Å²) in [4.78, 5) is 13.9. The number of halogens is 1. The normalized spacial score (nSPS) is 12.2. The number of carbonyl (C=O) groups is 1. The van der Waals surface area contributed by atoms with Crippen molar-refractivity contribution in [2.24, 2.45) is 5.73 Å². The van der Waals surface area contributed by atoms with Crippen LogP contribution in [0.1, 0.15) is 38.7 Å². The molecular weight excluding hydrogens is 260 g/mol. The molecule has 0 heterocycles. The summed E-state index contributed by atoms with van der Waals surface area (Å²) in [5.74, 6) is 0.00560. The number of amides is 1. The van der Waals surface area contributed by atoms with Crippen molar-refractivity contribution in [1.82, 2.24) is 4.90 Å². The fraction of sp³-hybridized carbons (Fsp3) is 0.533. The molecule has 0 bridgehead atoms. The van der Waals surface area contributed by atoms with Crippen molar-refractivity contribution in [2.45, 2.75) is 45.7 Å². The average Bonchev–Trinajstić information content (AvgIpc) is 2.39. The molecule has 0 unspecified atom stereocenters. The molecule has 2 N–H and O–H groups in total. The van der Waals surface area contributed by atoms with Gasteiger partial charge in [0.2, 0.25) is 5.91 Å². The van der Waals surface area contributed by atoms with E-state index in [1.54, 1.807) is 6.92 Å². The maximum atomic E-state index is 12.1. The molecule has 0 aliphatic carbocycles. The lowest BCUT2D eigenvalue weighted by molar-refractivity contribution is -0.132. The number of nitrogens with two attached hydrogens (primary N) is 1. The number of hydrogen-bond donors (Lipinski definition) is 1. The Bertz CT molecular complexity index is 390. The minimum Gasteiger partial charge on any atom is -0.337 e. The molecule has 0 saturated heterocycles. The Hall–Kier alpha value is -1.06. The van der Waals surface area contributed by atoms with Crippen LogP contribution in [0.3, 0.4) is 0 Å². The number of benzene rings is 1. The van der Waals surface area contributed by atoms with E-state index in [-0.39, 0.29) is 5.91 Å². The van der Waals surface area contributed by atoms with E-state index in [2.05, 4.69) is 6.92 Å². The van der Waals surface area contributed by atoms with Gasteiger partial charge in [-0.1, -0.05) is 43.5 Å². The lowest BCUT2D eigenvalue weighted by atomic mass is 10.1. The van der Waals surface area contributed by atoms with E-state index in [0.717, 1.165) is 31.4 Å². The Morgan fingerprint density at radius 2 is 1.95 bits per heavy atom. The van der Waals surface area contributed by atoms with Gasteiger partial charge in [-0.2, -0.15) is 0 Å². The molecule has 4 heteroatoms. The van der Waals surface area contributed by atoms with Gasteiger partial charge in [-0.05, 0) is 31.0 Å². The van der Waals surface area contributed by atoms with Gasteiger partial charge >= 0.3 is 0 Å². The smallest absolute Gasteiger partial charge is 0.239 e. The third-order valence-corrected chi connectivity index (χ3v) is 3.27. The van der Waals surface area contributed by atoms with Crippen LogP contribution in [0.5, 0.6) is 0 Å². The minimum absolute atomic E-state index is 0.00560. The molecule has 0 aliphatic heterocycles. The van der Waals surface area contributed by atoms with Gasteiger partial charge in [0.1, 0.15) is 0 Å². The number of hydrogen-bond acceptors (Lipinski definition) is 2. The van der Waals surface area contributed by atoms with Crippen molar-refractivity contribution in [3.05, 3.63) is 34.9 Å². The van der Waals surface area contributed by atoms with Crippen LogP contribution in [0.2, 0.25) is 5.02 Å². The molecule has 19 heavy (non-hydrogen) atoms. The van der Waals surface area contributed by atoms with E-state index in [0.29, 0.717) is 11.6 Å². The number of carbonyl (C=O) groups excluding carboxylic acids is 1.